The van der Waals surface area contributed by atoms with Gasteiger partial charge in [0.15, 0.2) is 6.10 Å². The molecular weight excluding hydrogens is 388 g/mol. The number of rotatable bonds is 6. The Morgan fingerprint density at radius 3 is 2.00 bits per heavy atom. The van der Waals surface area contributed by atoms with Crippen LogP contribution in [0, 0.1) is 0 Å². The molecule has 158 valence electrons. The number of ether oxygens (including phenoxy) is 5. The Hall–Kier alpha value is -2.98. The van der Waals surface area contributed by atoms with Crippen LogP contribution in [0.2, 0.25) is 0 Å². The minimum absolute atomic E-state index is 0.281. The Kier molecular flexibility index (Phi) is 7.68. The normalized spacial score (nSPS) is 26.1. The van der Waals surface area contributed by atoms with Crippen LogP contribution in [0.1, 0.15) is 31.1 Å². The van der Waals surface area contributed by atoms with Crippen molar-refractivity contribution in [2.24, 2.45) is 0 Å². The van der Waals surface area contributed by atoms with E-state index in [1.165, 1.54) is 0 Å². The van der Waals surface area contributed by atoms with Gasteiger partial charge in [-0.05, 0) is 12.1 Å². The minimum atomic E-state index is -1.53. The second-order valence-electron chi connectivity index (χ2n) is 6.26. The Balaban J connectivity index is 2.19. The molecule has 1 fully saturated rings. The smallest absolute Gasteiger partial charge is 0.338 e. The summed E-state index contributed by atoms with van der Waals surface area (Å²) in [6.45, 7) is 2.86. The second-order valence-corrected chi connectivity index (χ2v) is 6.26. The van der Waals surface area contributed by atoms with E-state index in [4.69, 9.17) is 23.7 Å². The highest BCUT2D eigenvalue weighted by molar-refractivity contribution is 5.89. The standard InChI is InChI=1S/C19H22O10/c1-10(20)26-16-15(23)14(9-25-18(24)13-7-5-4-6-8-13)29-19(28-12(3)22)17(16)27-11(2)21/h4-8,14-17,19,23H,9H2,1-3H3/t14-,15-,16+,17-,19-/m1/s1. The van der Waals surface area contributed by atoms with Gasteiger partial charge in [0.1, 0.15) is 18.8 Å². The molecule has 0 radical (unpaired) electrons. The van der Waals surface area contributed by atoms with Gasteiger partial charge in [-0.25, -0.2) is 4.79 Å². The quantitative estimate of drug-likeness (QED) is 0.517. The maximum absolute atomic E-state index is 12.1. The number of hydrogen-bond acceptors (Lipinski definition) is 10. The van der Waals surface area contributed by atoms with E-state index in [1.54, 1.807) is 30.3 Å². The summed E-state index contributed by atoms with van der Waals surface area (Å²) >= 11 is 0. The SMILES string of the molecule is CC(=O)O[C@@H]1O[C@H](COC(=O)c2ccccc2)[C@@H](O)[C@H](OC(C)=O)[C@H]1OC(C)=O. The van der Waals surface area contributed by atoms with Crippen LogP contribution in [-0.2, 0) is 38.1 Å². The molecule has 1 saturated heterocycles. The molecule has 29 heavy (non-hydrogen) atoms. The van der Waals surface area contributed by atoms with Gasteiger partial charge >= 0.3 is 23.9 Å². The highest BCUT2D eigenvalue weighted by Crippen LogP contribution is 2.28. The van der Waals surface area contributed by atoms with Crippen molar-refractivity contribution >= 4 is 23.9 Å². The van der Waals surface area contributed by atoms with E-state index in [-0.39, 0.29) is 5.56 Å². The van der Waals surface area contributed by atoms with E-state index in [0.29, 0.717) is 0 Å². The molecule has 10 nitrogen and oxygen atoms in total. The number of benzene rings is 1. The van der Waals surface area contributed by atoms with Crippen molar-refractivity contribution in [3.63, 3.8) is 0 Å². The fourth-order valence-electron chi connectivity index (χ4n) is 2.75. The van der Waals surface area contributed by atoms with Gasteiger partial charge in [-0.3, -0.25) is 14.4 Å². The first-order valence-corrected chi connectivity index (χ1v) is 8.76. The van der Waals surface area contributed by atoms with E-state index in [1.807, 2.05) is 0 Å². The Morgan fingerprint density at radius 1 is 0.897 bits per heavy atom. The van der Waals surface area contributed by atoms with Crippen LogP contribution in [0.15, 0.2) is 30.3 Å². The van der Waals surface area contributed by atoms with Crippen molar-refractivity contribution in [3.05, 3.63) is 35.9 Å². The van der Waals surface area contributed by atoms with Gasteiger partial charge in [-0.2, -0.15) is 0 Å². The first-order valence-electron chi connectivity index (χ1n) is 8.76. The van der Waals surface area contributed by atoms with E-state index in [2.05, 4.69) is 0 Å². The summed E-state index contributed by atoms with van der Waals surface area (Å²) in [4.78, 5) is 46.4. The van der Waals surface area contributed by atoms with Gasteiger partial charge in [0, 0.05) is 20.8 Å². The molecule has 0 spiro atoms. The van der Waals surface area contributed by atoms with Crippen molar-refractivity contribution in [2.75, 3.05) is 6.61 Å². The lowest BCUT2D eigenvalue weighted by Crippen LogP contribution is -2.62. The maximum Gasteiger partial charge on any atom is 0.338 e. The number of carbonyl (C=O) groups excluding carboxylic acids is 4. The molecule has 1 aromatic rings. The predicted octanol–water partition coefficient (Wildman–Crippen LogP) is 0.356. The van der Waals surface area contributed by atoms with Crippen LogP contribution in [0.25, 0.3) is 0 Å². The fourth-order valence-corrected chi connectivity index (χ4v) is 2.75. The number of aliphatic hydroxyl groups excluding tert-OH is 1. The van der Waals surface area contributed by atoms with E-state index in [0.717, 1.165) is 20.8 Å². The summed E-state index contributed by atoms with van der Waals surface area (Å²) in [5.41, 5.74) is 0.281. The van der Waals surface area contributed by atoms with E-state index >= 15 is 0 Å². The molecule has 0 saturated carbocycles. The number of hydrogen-bond donors (Lipinski definition) is 1. The third-order valence-electron chi connectivity index (χ3n) is 3.89. The number of aliphatic hydroxyl groups is 1. The highest BCUT2D eigenvalue weighted by atomic mass is 16.7. The monoisotopic (exact) mass is 410 g/mol. The lowest BCUT2D eigenvalue weighted by Gasteiger charge is -2.42. The molecule has 0 bridgehead atoms. The largest absolute Gasteiger partial charge is 0.459 e. The molecule has 1 N–H and O–H groups in total. The molecule has 1 aromatic carbocycles. The van der Waals surface area contributed by atoms with Crippen LogP contribution >= 0.6 is 0 Å². The van der Waals surface area contributed by atoms with Gasteiger partial charge in [0.05, 0.1) is 5.56 Å². The summed E-state index contributed by atoms with van der Waals surface area (Å²) < 4.78 is 25.8. The van der Waals surface area contributed by atoms with Gasteiger partial charge < -0.3 is 28.8 Å². The molecule has 2 rings (SSSR count). The van der Waals surface area contributed by atoms with Crippen molar-refractivity contribution in [3.8, 4) is 0 Å². The van der Waals surface area contributed by atoms with Crippen molar-refractivity contribution in [2.45, 2.75) is 51.5 Å². The Morgan fingerprint density at radius 2 is 1.45 bits per heavy atom. The first kappa shape index (κ1) is 22.3. The molecular formula is C19H22O10. The molecule has 1 aliphatic rings. The maximum atomic E-state index is 12.1. The molecule has 5 atom stereocenters. The summed E-state index contributed by atoms with van der Waals surface area (Å²) in [5.74, 6) is -2.97. The van der Waals surface area contributed by atoms with Gasteiger partial charge in [0.2, 0.25) is 12.4 Å². The van der Waals surface area contributed by atoms with Crippen LogP contribution in [0.3, 0.4) is 0 Å². The van der Waals surface area contributed by atoms with E-state index in [9.17, 15) is 24.3 Å². The zero-order valence-electron chi connectivity index (χ0n) is 16.1. The molecule has 0 aromatic heterocycles. The Bertz CT molecular complexity index is 747. The fraction of sp³-hybridized carbons (Fsp3) is 0.474. The second kappa shape index (κ2) is 9.99. The van der Waals surface area contributed by atoms with Crippen LogP contribution in [0.4, 0.5) is 0 Å². The highest BCUT2D eigenvalue weighted by Gasteiger charge is 2.51. The van der Waals surface area contributed by atoms with Crippen molar-refractivity contribution in [1.29, 1.82) is 0 Å². The summed E-state index contributed by atoms with van der Waals surface area (Å²) in [7, 11) is 0. The molecule has 1 heterocycles. The minimum Gasteiger partial charge on any atom is -0.459 e. The summed E-state index contributed by atoms with van der Waals surface area (Å²) in [6.07, 6.45) is -7.04. The van der Waals surface area contributed by atoms with Crippen molar-refractivity contribution < 1.29 is 48.0 Å². The average molecular weight is 410 g/mol. The molecule has 0 aliphatic carbocycles. The average Bonchev–Trinajstić information content (AvgIpc) is 2.65. The Labute approximate surface area is 166 Å². The third kappa shape index (κ3) is 6.26. The first-order chi connectivity index (χ1) is 13.7. The van der Waals surface area contributed by atoms with Crippen LogP contribution < -0.4 is 0 Å². The van der Waals surface area contributed by atoms with Gasteiger partial charge in [-0.15, -0.1) is 0 Å². The van der Waals surface area contributed by atoms with Gasteiger partial charge in [0.25, 0.3) is 0 Å². The van der Waals surface area contributed by atoms with Crippen LogP contribution in [-0.4, -0.2) is 66.3 Å². The third-order valence-corrected chi connectivity index (χ3v) is 3.89. The predicted molar refractivity (Wildman–Crippen MR) is 94.3 cm³/mol. The number of esters is 4. The molecule has 10 heteroatoms. The van der Waals surface area contributed by atoms with Crippen LogP contribution in [0.5, 0.6) is 0 Å². The lowest BCUT2D eigenvalue weighted by molar-refractivity contribution is -0.297. The molecule has 1 aliphatic heterocycles. The summed E-state index contributed by atoms with van der Waals surface area (Å²) in [5, 5.41) is 10.6. The topological polar surface area (TPSA) is 135 Å². The molecule has 0 unspecified atom stereocenters. The summed E-state index contributed by atoms with van der Waals surface area (Å²) in [6, 6.07) is 8.12. The van der Waals surface area contributed by atoms with E-state index < -0.39 is 61.2 Å². The number of carbonyl (C=O) groups is 4. The molecule has 0 amide bonds. The zero-order valence-corrected chi connectivity index (χ0v) is 16.1. The zero-order chi connectivity index (χ0) is 21.6. The van der Waals surface area contributed by atoms with Gasteiger partial charge in [-0.1, -0.05) is 18.2 Å². The van der Waals surface area contributed by atoms with Crippen molar-refractivity contribution in [1.82, 2.24) is 0 Å². The lowest BCUT2D eigenvalue weighted by atomic mass is 9.98.